The van der Waals surface area contributed by atoms with E-state index in [2.05, 4.69) is 42.5 Å². The van der Waals surface area contributed by atoms with Crippen LogP contribution < -0.4 is 10.6 Å². The molecule has 4 bridgehead atoms. The van der Waals surface area contributed by atoms with E-state index in [9.17, 15) is 4.79 Å². The molecule has 14 aliphatic rings. The van der Waals surface area contributed by atoms with Crippen LogP contribution in [0.5, 0.6) is 0 Å². The Morgan fingerprint density at radius 2 is 1.03 bits per heavy atom. The summed E-state index contributed by atoms with van der Waals surface area (Å²) in [4.78, 5) is 13.6. The van der Waals surface area contributed by atoms with Crippen LogP contribution >= 0.6 is 31.9 Å². The molecule has 2 heterocycles. The molecule has 14 fully saturated rings. The molecular formula is C23H22Br2N2O5. The van der Waals surface area contributed by atoms with Crippen molar-refractivity contribution in [2.45, 2.75) is 31.3 Å². The Labute approximate surface area is 200 Å². The Morgan fingerprint density at radius 1 is 0.625 bits per heavy atom. The second-order valence-electron chi connectivity index (χ2n) is 13.0. The van der Waals surface area contributed by atoms with Crippen LogP contribution in [0.4, 0.5) is 4.79 Å². The molecule has 2 N–H and O–H groups in total. The van der Waals surface area contributed by atoms with Crippen molar-refractivity contribution in [1.82, 2.24) is 10.6 Å². The van der Waals surface area contributed by atoms with Gasteiger partial charge < -0.3 is 29.6 Å². The molecule has 7 nitrogen and oxygen atoms in total. The highest BCUT2D eigenvalue weighted by atomic mass is 79.9. The predicted molar refractivity (Wildman–Crippen MR) is 112 cm³/mol. The van der Waals surface area contributed by atoms with Gasteiger partial charge in [0.05, 0.1) is 46.2 Å². The Balaban J connectivity index is 0.875. The maximum Gasteiger partial charge on any atom is 0.315 e. The van der Waals surface area contributed by atoms with Crippen LogP contribution in [0, 0.1) is 71.0 Å². The van der Waals surface area contributed by atoms with Gasteiger partial charge in [-0.1, -0.05) is 31.9 Å². The molecule has 2 aliphatic heterocycles. The van der Waals surface area contributed by atoms with Gasteiger partial charge in [-0.3, -0.25) is 0 Å². The molecule has 168 valence electrons. The largest absolute Gasteiger partial charge is 0.346 e. The van der Waals surface area contributed by atoms with Gasteiger partial charge in [0.15, 0.2) is 11.6 Å². The fraction of sp³-hybridized carbons (Fsp3) is 0.957. The topological polar surface area (TPSA) is 78.1 Å². The summed E-state index contributed by atoms with van der Waals surface area (Å²) in [7, 11) is 0. The molecule has 14 rings (SSSR count). The van der Waals surface area contributed by atoms with Crippen LogP contribution in [0.3, 0.4) is 0 Å². The van der Waals surface area contributed by atoms with Crippen LogP contribution in [0.1, 0.15) is 0 Å². The predicted octanol–water partition coefficient (Wildman–Crippen LogP) is 1.05. The van der Waals surface area contributed by atoms with Crippen molar-refractivity contribution in [3.05, 3.63) is 0 Å². The smallest absolute Gasteiger partial charge is 0.315 e. The van der Waals surface area contributed by atoms with Gasteiger partial charge in [0.1, 0.15) is 0 Å². The molecule has 12 saturated carbocycles. The number of nitrogens with one attached hydrogen (secondary N) is 2. The number of alkyl halides is 2. The lowest BCUT2D eigenvalue weighted by Gasteiger charge is -2.38. The molecule has 0 unspecified atom stereocenters. The number of rotatable bonds is 2. The first-order valence-electron chi connectivity index (χ1n) is 12.5. The zero-order valence-corrected chi connectivity index (χ0v) is 20.2. The van der Waals surface area contributed by atoms with Crippen molar-refractivity contribution in [2.75, 3.05) is 26.4 Å². The van der Waals surface area contributed by atoms with Crippen molar-refractivity contribution in [1.29, 1.82) is 0 Å². The highest BCUT2D eigenvalue weighted by molar-refractivity contribution is 9.10. The minimum absolute atomic E-state index is 0.0203. The van der Waals surface area contributed by atoms with Crippen LogP contribution in [0.15, 0.2) is 0 Å². The van der Waals surface area contributed by atoms with Crippen molar-refractivity contribution in [3.8, 4) is 0 Å². The summed E-state index contributed by atoms with van der Waals surface area (Å²) >= 11 is 8.34. The molecule has 16 atom stereocenters. The fourth-order valence-corrected chi connectivity index (χ4v) is 17.2. The van der Waals surface area contributed by atoms with E-state index in [1.165, 1.54) is 0 Å². The summed E-state index contributed by atoms with van der Waals surface area (Å²) in [6.07, 6.45) is 0. The fourth-order valence-electron chi connectivity index (χ4n) is 13.7. The van der Waals surface area contributed by atoms with Crippen LogP contribution in [-0.2, 0) is 18.9 Å². The average molecular weight is 566 g/mol. The van der Waals surface area contributed by atoms with Gasteiger partial charge >= 0.3 is 6.03 Å². The van der Waals surface area contributed by atoms with Gasteiger partial charge in [-0.2, -0.15) is 0 Å². The lowest BCUT2D eigenvalue weighted by Crippen LogP contribution is -2.56. The van der Waals surface area contributed by atoms with Crippen LogP contribution in [0.2, 0.25) is 0 Å². The highest BCUT2D eigenvalue weighted by Gasteiger charge is 3.11. The molecule has 32 heavy (non-hydrogen) atoms. The van der Waals surface area contributed by atoms with Crippen molar-refractivity contribution in [2.24, 2.45) is 71.0 Å². The zero-order chi connectivity index (χ0) is 20.6. The molecule has 0 aromatic heterocycles. The highest BCUT2D eigenvalue weighted by Crippen LogP contribution is 3.03. The quantitative estimate of drug-likeness (QED) is 0.489. The van der Waals surface area contributed by atoms with Gasteiger partial charge in [0.25, 0.3) is 0 Å². The number of urea groups is 1. The average Bonchev–Trinajstić information content (AvgIpc) is 3.65. The third kappa shape index (κ3) is 1.02. The van der Waals surface area contributed by atoms with E-state index in [-0.39, 0.29) is 25.8 Å². The molecule has 9 heteroatoms. The number of amides is 2. The summed E-state index contributed by atoms with van der Waals surface area (Å²) in [5.41, 5.74) is -0.0405. The Morgan fingerprint density at radius 3 is 1.34 bits per heavy atom. The second kappa shape index (κ2) is 3.88. The van der Waals surface area contributed by atoms with Crippen LogP contribution in [-0.4, -0.2) is 63.8 Å². The SMILES string of the molecule is O=C(N[C@@]12[C@@H]3[C@H]4[C@@H]5[C@@H]1[C@H]2[C@@](Br)([C@H]43)C51OCCO1)N[C@]12[C@@H]3[C@H]4[C@@H]5[C@H]1[C@H]2[C@@](Br)([C@@H]43)C51OCCO1. The molecular weight excluding hydrogens is 544 g/mol. The number of halogens is 2. The summed E-state index contributed by atoms with van der Waals surface area (Å²) in [6, 6.07) is 0.0713. The zero-order valence-electron chi connectivity index (χ0n) is 17.1. The molecule has 12 aliphatic carbocycles. The van der Waals surface area contributed by atoms with E-state index in [4.69, 9.17) is 18.9 Å². The Hall–Kier alpha value is 0.0700. The lowest BCUT2D eigenvalue weighted by atomic mass is 9.96. The minimum Gasteiger partial charge on any atom is -0.346 e. The number of hydrogen-bond acceptors (Lipinski definition) is 5. The Bertz CT molecular complexity index is 1070. The summed E-state index contributed by atoms with van der Waals surface area (Å²) < 4.78 is 24.9. The van der Waals surface area contributed by atoms with Gasteiger partial charge in [-0.05, 0) is 47.3 Å². The maximum atomic E-state index is 13.6. The lowest BCUT2D eigenvalue weighted by molar-refractivity contribution is -0.191. The van der Waals surface area contributed by atoms with E-state index in [1.54, 1.807) is 0 Å². The first kappa shape index (κ1) is 16.7. The molecule has 2 spiro atoms. The molecule has 0 aromatic rings. The van der Waals surface area contributed by atoms with Gasteiger partial charge in [0, 0.05) is 23.7 Å². The van der Waals surface area contributed by atoms with Gasteiger partial charge in [0.2, 0.25) is 0 Å². The Kier molecular flexibility index (Phi) is 2.02. The number of carbonyl (C=O) groups is 1. The summed E-state index contributed by atoms with van der Waals surface area (Å²) in [5, 5.41) is 7.19. The van der Waals surface area contributed by atoms with Crippen LogP contribution in [0.25, 0.3) is 0 Å². The van der Waals surface area contributed by atoms with E-state index in [1.807, 2.05) is 0 Å². The number of ether oxygens (including phenoxy) is 4. The number of carbonyl (C=O) groups excluding carboxylic acids is 1. The van der Waals surface area contributed by atoms with E-state index in [0.29, 0.717) is 97.4 Å². The minimum atomic E-state index is -0.417. The standard InChI is InChI=1S/C23H22Br2N2O5/c24-20-9-5-7(9)18(13(15(18)20)11(5)22(20)29-1-2-30-22)26-17(28)27-19-8-6-10(8)21(25)16(19)14(19)12(6)23(21)31-3-4-32-23/h5-16H,1-4H2,(H2,26,27,28)/t5-,6-,7-,8-,9-,10+,11-,12-,13-,14+,15-,16-,18+,19-,20+,21+/m1/s1. The molecule has 0 aromatic carbocycles. The first-order valence-corrected chi connectivity index (χ1v) is 14.1. The summed E-state index contributed by atoms with van der Waals surface area (Å²) in [6.45, 7) is 2.81. The number of hydrogen-bond donors (Lipinski definition) is 2. The van der Waals surface area contributed by atoms with Gasteiger partial charge in [-0.15, -0.1) is 0 Å². The normalized spacial score (nSPS) is 77.8. The van der Waals surface area contributed by atoms with Gasteiger partial charge in [-0.25, -0.2) is 4.79 Å². The second-order valence-corrected chi connectivity index (χ2v) is 15.7. The third-order valence-corrected chi connectivity index (χ3v) is 16.6. The van der Waals surface area contributed by atoms with Crippen molar-refractivity contribution in [3.63, 3.8) is 0 Å². The first-order chi connectivity index (χ1) is 15.5. The monoisotopic (exact) mass is 564 g/mol. The summed E-state index contributed by atoms with van der Waals surface area (Å²) in [5.74, 6) is 5.80. The van der Waals surface area contributed by atoms with Crippen molar-refractivity contribution >= 4 is 37.9 Å². The maximum absolute atomic E-state index is 13.6. The molecule has 2 amide bonds. The molecule has 2 saturated heterocycles. The van der Waals surface area contributed by atoms with E-state index >= 15 is 0 Å². The third-order valence-electron chi connectivity index (χ3n) is 13.4. The van der Waals surface area contributed by atoms with E-state index < -0.39 is 11.6 Å². The van der Waals surface area contributed by atoms with Crippen molar-refractivity contribution < 1.29 is 23.7 Å². The molecule has 0 radical (unpaired) electrons. The van der Waals surface area contributed by atoms with E-state index in [0.717, 1.165) is 0 Å².